The molecule has 0 saturated carbocycles. The molecule has 1 saturated heterocycles. The summed E-state index contributed by atoms with van der Waals surface area (Å²) in [5, 5.41) is 15.2. The molecule has 0 radical (unpaired) electrons. The number of carbonyl (C=O) groups is 1. The standard InChI is InChI=1S/C23H22N6O2/c24-16-27-23(28-18-10-12-26-13-11-18)21(22(25)30)29(23)14-15-31-20-9-5-4-8-19(20)17-6-2-1-3-7-17/h1-13,21,27H,14-15H2,(H2,25,30)(H,26,28). The molecule has 0 bridgehead atoms. The van der Waals surface area contributed by atoms with Gasteiger partial charge in [0.25, 0.3) is 0 Å². The van der Waals surface area contributed by atoms with Gasteiger partial charge in [-0.1, -0.05) is 48.5 Å². The Hall–Kier alpha value is -4.09. The number of rotatable bonds is 9. The average Bonchev–Trinajstić information content (AvgIpc) is 3.41. The fourth-order valence-electron chi connectivity index (χ4n) is 3.76. The van der Waals surface area contributed by atoms with E-state index in [-0.39, 0.29) is 0 Å². The van der Waals surface area contributed by atoms with E-state index in [1.54, 1.807) is 29.4 Å². The predicted octanol–water partition coefficient (Wildman–Crippen LogP) is 2.13. The summed E-state index contributed by atoms with van der Waals surface area (Å²) in [6.45, 7) is 0.685. The van der Waals surface area contributed by atoms with Gasteiger partial charge in [0.2, 0.25) is 11.7 Å². The van der Waals surface area contributed by atoms with E-state index < -0.39 is 17.7 Å². The SMILES string of the molecule is N#CNC1(Nc2ccncc2)C(C(N)=O)N1CCOc1ccccc1-c1ccccc1. The van der Waals surface area contributed by atoms with Crippen molar-refractivity contribution in [2.45, 2.75) is 11.8 Å². The smallest absolute Gasteiger partial charge is 0.240 e. The van der Waals surface area contributed by atoms with Gasteiger partial charge in [0.1, 0.15) is 18.4 Å². The summed E-state index contributed by atoms with van der Waals surface area (Å²) in [7, 11) is 0. The molecule has 4 rings (SSSR count). The normalized spacial score (nSPS) is 21.5. The number of aromatic nitrogens is 1. The second-order valence-electron chi connectivity index (χ2n) is 7.07. The number of benzene rings is 2. The van der Waals surface area contributed by atoms with Crippen molar-refractivity contribution in [3.05, 3.63) is 79.1 Å². The van der Waals surface area contributed by atoms with Crippen molar-refractivity contribution >= 4 is 11.6 Å². The van der Waals surface area contributed by atoms with Crippen LogP contribution < -0.4 is 21.1 Å². The third kappa shape index (κ3) is 4.13. The number of ether oxygens (including phenoxy) is 1. The molecular weight excluding hydrogens is 392 g/mol. The van der Waals surface area contributed by atoms with E-state index in [0.29, 0.717) is 18.8 Å². The van der Waals surface area contributed by atoms with Crippen molar-refractivity contribution in [1.82, 2.24) is 15.2 Å². The fourth-order valence-corrected chi connectivity index (χ4v) is 3.76. The molecule has 1 fully saturated rings. The van der Waals surface area contributed by atoms with Crippen LogP contribution >= 0.6 is 0 Å². The summed E-state index contributed by atoms with van der Waals surface area (Å²) in [6.07, 6.45) is 5.17. The van der Waals surface area contributed by atoms with Gasteiger partial charge in [-0.3, -0.25) is 15.1 Å². The van der Waals surface area contributed by atoms with Gasteiger partial charge in [0, 0.05) is 30.2 Å². The summed E-state index contributed by atoms with van der Waals surface area (Å²) >= 11 is 0. The Bertz CT molecular complexity index is 1090. The number of anilines is 1. The quantitative estimate of drug-likeness (QED) is 0.213. The first kappa shape index (κ1) is 20.2. The molecule has 8 nitrogen and oxygen atoms in total. The molecule has 0 spiro atoms. The summed E-state index contributed by atoms with van der Waals surface area (Å²) in [5.74, 6) is -0.884. The lowest BCUT2D eigenvalue weighted by Gasteiger charge is -2.19. The van der Waals surface area contributed by atoms with E-state index in [4.69, 9.17) is 10.5 Å². The van der Waals surface area contributed by atoms with Crippen LogP contribution in [-0.2, 0) is 4.79 Å². The molecule has 3 unspecified atom stereocenters. The maximum atomic E-state index is 12.1. The second-order valence-corrected chi connectivity index (χ2v) is 7.07. The van der Waals surface area contributed by atoms with Crippen LogP contribution in [0, 0.1) is 11.5 Å². The zero-order valence-corrected chi connectivity index (χ0v) is 16.7. The Balaban J connectivity index is 1.48. The Morgan fingerprint density at radius 1 is 1.13 bits per heavy atom. The summed E-state index contributed by atoms with van der Waals surface area (Å²) in [4.78, 5) is 17.8. The van der Waals surface area contributed by atoms with Crippen molar-refractivity contribution in [3.8, 4) is 23.1 Å². The number of hydrogen-bond donors (Lipinski definition) is 3. The van der Waals surface area contributed by atoms with Gasteiger partial charge < -0.3 is 15.8 Å². The van der Waals surface area contributed by atoms with Crippen LogP contribution in [0.2, 0.25) is 0 Å². The first-order valence-corrected chi connectivity index (χ1v) is 9.83. The molecule has 1 aromatic heterocycles. The predicted molar refractivity (Wildman–Crippen MR) is 116 cm³/mol. The lowest BCUT2D eigenvalue weighted by atomic mass is 10.1. The highest BCUT2D eigenvalue weighted by Crippen LogP contribution is 2.39. The van der Waals surface area contributed by atoms with E-state index in [1.165, 1.54) is 0 Å². The molecule has 2 aromatic carbocycles. The van der Waals surface area contributed by atoms with E-state index in [2.05, 4.69) is 15.6 Å². The van der Waals surface area contributed by atoms with Gasteiger partial charge in [-0.2, -0.15) is 5.26 Å². The van der Waals surface area contributed by atoms with Crippen molar-refractivity contribution in [1.29, 1.82) is 5.26 Å². The average molecular weight is 414 g/mol. The monoisotopic (exact) mass is 414 g/mol. The van der Waals surface area contributed by atoms with Crippen molar-refractivity contribution in [3.63, 3.8) is 0 Å². The number of carbonyl (C=O) groups excluding carboxylic acids is 1. The number of hydrogen-bond acceptors (Lipinski definition) is 7. The maximum Gasteiger partial charge on any atom is 0.240 e. The Morgan fingerprint density at radius 3 is 2.55 bits per heavy atom. The number of nitriles is 1. The molecule has 3 aromatic rings. The number of amides is 1. The van der Waals surface area contributed by atoms with Gasteiger partial charge in [0.05, 0.1) is 0 Å². The van der Waals surface area contributed by atoms with Crippen LogP contribution in [0.3, 0.4) is 0 Å². The molecular formula is C23H22N6O2. The third-order valence-electron chi connectivity index (χ3n) is 5.19. The van der Waals surface area contributed by atoms with Crippen LogP contribution in [0.4, 0.5) is 5.69 Å². The highest BCUT2D eigenvalue weighted by atomic mass is 16.5. The molecule has 0 aliphatic carbocycles. The number of nitrogens with two attached hydrogens (primary N) is 1. The molecule has 156 valence electrons. The minimum absolute atomic E-state index is 0.306. The number of nitrogens with one attached hydrogen (secondary N) is 2. The lowest BCUT2D eigenvalue weighted by Crippen LogP contribution is -2.45. The Morgan fingerprint density at radius 2 is 1.84 bits per heavy atom. The first-order valence-electron chi connectivity index (χ1n) is 9.83. The van der Waals surface area contributed by atoms with E-state index in [9.17, 15) is 10.1 Å². The largest absolute Gasteiger partial charge is 0.492 e. The number of para-hydroxylation sites is 1. The molecule has 1 aliphatic heterocycles. The number of pyridine rings is 1. The van der Waals surface area contributed by atoms with Crippen LogP contribution in [0.1, 0.15) is 0 Å². The second kappa shape index (κ2) is 8.73. The topological polar surface area (TPSA) is 116 Å². The van der Waals surface area contributed by atoms with Crippen molar-refractivity contribution in [2.75, 3.05) is 18.5 Å². The van der Waals surface area contributed by atoms with E-state index in [1.807, 2.05) is 60.8 Å². The molecule has 3 atom stereocenters. The van der Waals surface area contributed by atoms with Gasteiger partial charge in [0.15, 0.2) is 6.19 Å². The molecule has 1 aliphatic rings. The molecule has 31 heavy (non-hydrogen) atoms. The highest BCUT2D eigenvalue weighted by Gasteiger charge is 2.67. The zero-order chi connectivity index (χ0) is 21.7. The number of primary amides is 1. The molecule has 8 heteroatoms. The minimum atomic E-state index is -1.09. The summed E-state index contributed by atoms with van der Waals surface area (Å²) in [5.41, 5.74) is 8.36. The van der Waals surface area contributed by atoms with Crippen LogP contribution in [0.5, 0.6) is 5.75 Å². The van der Waals surface area contributed by atoms with Gasteiger partial charge in [-0.05, 0) is 23.8 Å². The minimum Gasteiger partial charge on any atom is -0.492 e. The van der Waals surface area contributed by atoms with Crippen molar-refractivity contribution in [2.24, 2.45) is 5.73 Å². The third-order valence-corrected chi connectivity index (χ3v) is 5.19. The fraction of sp³-hybridized carbons (Fsp3) is 0.174. The first-order chi connectivity index (χ1) is 15.2. The molecule has 2 heterocycles. The number of nitrogens with zero attached hydrogens (tertiary/aromatic N) is 3. The maximum absolute atomic E-state index is 12.1. The van der Waals surface area contributed by atoms with Gasteiger partial charge >= 0.3 is 0 Å². The lowest BCUT2D eigenvalue weighted by molar-refractivity contribution is -0.118. The highest BCUT2D eigenvalue weighted by molar-refractivity contribution is 5.86. The Labute approximate surface area is 180 Å². The van der Waals surface area contributed by atoms with Crippen molar-refractivity contribution < 1.29 is 9.53 Å². The van der Waals surface area contributed by atoms with Crippen LogP contribution in [-0.4, -0.2) is 40.8 Å². The zero-order valence-electron chi connectivity index (χ0n) is 16.7. The van der Waals surface area contributed by atoms with E-state index >= 15 is 0 Å². The van der Waals surface area contributed by atoms with Crippen LogP contribution in [0.15, 0.2) is 79.1 Å². The molecule has 1 amide bonds. The summed E-state index contributed by atoms with van der Waals surface area (Å²) < 4.78 is 6.05. The van der Waals surface area contributed by atoms with Crippen LogP contribution in [0.25, 0.3) is 11.1 Å². The van der Waals surface area contributed by atoms with E-state index in [0.717, 1.165) is 16.9 Å². The summed E-state index contributed by atoms with van der Waals surface area (Å²) in [6, 6.07) is 20.6. The Kier molecular flexibility index (Phi) is 5.69. The van der Waals surface area contributed by atoms with Gasteiger partial charge in [-0.15, -0.1) is 0 Å². The molecule has 4 N–H and O–H groups in total. The van der Waals surface area contributed by atoms with Gasteiger partial charge in [-0.25, -0.2) is 4.90 Å².